The van der Waals surface area contributed by atoms with E-state index in [1.807, 2.05) is 32.2 Å². The maximum Gasteiger partial charge on any atom is 0.300 e. The second-order valence-electron chi connectivity index (χ2n) is 4.97. The minimum Gasteiger partial charge on any atom is -0.456 e. The van der Waals surface area contributed by atoms with Gasteiger partial charge in [-0.2, -0.15) is 0 Å². The zero-order valence-electron chi connectivity index (χ0n) is 12.3. The third kappa shape index (κ3) is 4.14. The third-order valence-corrected chi connectivity index (χ3v) is 3.29. The van der Waals surface area contributed by atoms with Gasteiger partial charge in [0, 0.05) is 37.0 Å². The number of likely N-dealkylation sites (N-methyl/N-ethyl adjacent to an activating group) is 1. The number of hydrogen-bond acceptors (Lipinski definition) is 5. The van der Waals surface area contributed by atoms with Crippen molar-refractivity contribution in [3.8, 4) is 0 Å². The zero-order valence-corrected chi connectivity index (χ0v) is 12.3. The summed E-state index contributed by atoms with van der Waals surface area (Å²) in [5, 5.41) is 0. The molecule has 0 unspecified atom stereocenters. The van der Waals surface area contributed by atoms with Gasteiger partial charge in [-0.25, -0.2) is 5.84 Å². The Morgan fingerprint density at radius 3 is 2.95 bits per heavy atom. The first-order chi connectivity index (χ1) is 10.1. The van der Waals surface area contributed by atoms with Gasteiger partial charge in [-0.1, -0.05) is 6.07 Å². The fourth-order valence-electron chi connectivity index (χ4n) is 2.08. The van der Waals surface area contributed by atoms with Gasteiger partial charge >= 0.3 is 5.91 Å². The van der Waals surface area contributed by atoms with Crippen LogP contribution in [0.3, 0.4) is 0 Å². The molecule has 2 aromatic heterocycles. The van der Waals surface area contributed by atoms with E-state index in [0.717, 1.165) is 30.0 Å². The van der Waals surface area contributed by atoms with Gasteiger partial charge in [-0.3, -0.25) is 15.2 Å². The second-order valence-corrected chi connectivity index (χ2v) is 4.97. The molecule has 21 heavy (non-hydrogen) atoms. The number of nitrogen functional groups attached to an aromatic ring is 1. The van der Waals surface area contributed by atoms with Crippen molar-refractivity contribution in [3.05, 3.63) is 53.2 Å². The number of furan rings is 1. The SMILES string of the molecule is Cc1oc(C(=O)NN)cc1CN(C)CCc1ccccn1. The van der Waals surface area contributed by atoms with Crippen LogP contribution in [0.25, 0.3) is 0 Å². The molecule has 6 nitrogen and oxygen atoms in total. The smallest absolute Gasteiger partial charge is 0.300 e. The largest absolute Gasteiger partial charge is 0.456 e. The van der Waals surface area contributed by atoms with Crippen LogP contribution in [-0.2, 0) is 13.0 Å². The summed E-state index contributed by atoms with van der Waals surface area (Å²) in [5.41, 5.74) is 4.12. The normalized spacial score (nSPS) is 10.9. The molecule has 2 heterocycles. The van der Waals surface area contributed by atoms with Crippen LogP contribution in [0, 0.1) is 6.92 Å². The Labute approximate surface area is 123 Å². The molecule has 6 heteroatoms. The van der Waals surface area contributed by atoms with Crippen LogP contribution in [0.5, 0.6) is 0 Å². The molecule has 0 saturated heterocycles. The molecule has 0 radical (unpaired) electrons. The van der Waals surface area contributed by atoms with Crippen LogP contribution in [0.2, 0.25) is 0 Å². The summed E-state index contributed by atoms with van der Waals surface area (Å²) < 4.78 is 5.40. The quantitative estimate of drug-likeness (QED) is 0.475. The van der Waals surface area contributed by atoms with E-state index >= 15 is 0 Å². The molecule has 2 rings (SSSR count). The molecule has 1 amide bonds. The first-order valence-corrected chi connectivity index (χ1v) is 6.79. The molecule has 2 aromatic rings. The zero-order chi connectivity index (χ0) is 15.2. The second kappa shape index (κ2) is 7.01. The first-order valence-electron chi connectivity index (χ1n) is 6.79. The summed E-state index contributed by atoms with van der Waals surface area (Å²) in [6.07, 6.45) is 2.68. The molecular weight excluding hydrogens is 268 g/mol. The van der Waals surface area contributed by atoms with Crippen LogP contribution in [-0.4, -0.2) is 29.4 Å². The fourth-order valence-corrected chi connectivity index (χ4v) is 2.08. The number of nitrogens with zero attached hydrogens (tertiary/aromatic N) is 2. The van der Waals surface area contributed by atoms with Gasteiger partial charge in [0.1, 0.15) is 5.76 Å². The highest BCUT2D eigenvalue weighted by Gasteiger charge is 2.14. The molecule has 0 aliphatic rings. The summed E-state index contributed by atoms with van der Waals surface area (Å²) in [6.45, 7) is 3.43. The lowest BCUT2D eigenvalue weighted by Gasteiger charge is -2.15. The number of hydrazine groups is 1. The van der Waals surface area contributed by atoms with Gasteiger partial charge in [0.25, 0.3) is 0 Å². The minimum absolute atomic E-state index is 0.239. The molecule has 0 aliphatic carbocycles. The van der Waals surface area contributed by atoms with Crippen molar-refractivity contribution in [2.24, 2.45) is 5.84 Å². The van der Waals surface area contributed by atoms with Crippen LogP contribution in [0.4, 0.5) is 0 Å². The van der Waals surface area contributed by atoms with Crippen LogP contribution >= 0.6 is 0 Å². The maximum absolute atomic E-state index is 11.4. The van der Waals surface area contributed by atoms with Crippen LogP contribution in [0.15, 0.2) is 34.9 Å². The molecule has 0 atom stereocenters. The molecule has 0 aliphatic heterocycles. The number of amides is 1. The van der Waals surface area contributed by atoms with E-state index in [9.17, 15) is 4.79 Å². The number of rotatable bonds is 6. The average Bonchev–Trinajstić information content (AvgIpc) is 2.86. The molecule has 0 aromatic carbocycles. The summed E-state index contributed by atoms with van der Waals surface area (Å²) in [5.74, 6) is 5.66. The van der Waals surface area contributed by atoms with Crippen molar-refractivity contribution in [2.75, 3.05) is 13.6 Å². The van der Waals surface area contributed by atoms with Crippen molar-refractivity contribution in [1.29, 1.82) is 0 Å². The van der Waals surface area contributed by atoms with Gasteiger partial charge < -0.3 is 9.32 Å². The standard InChI is InChI=1S/C15H20N4O2/c1-11-12(9-14(21-11)15(20)18-16)10-19(2)8-6-13-5-3-4-7-17-13/h3-5,7,9H,6,8,10,16H2,1-2H3,(H,18,20). The number of pyridine rings is 1. The number of hydrogen-bond donors (Lipinski definition) is 2. The van der Waals surface area contributed by atoms with Crippen LogP contribution in [0.1, 0.15) is 27.6 Å². The third-order valence-electron chi connectivity index (χ3n) is 3.29. The average molecular weight is 288 g/mol. The predicted octanol–water partition coefficient (Wildman–Crippen LogP) is 1.26. The van der Waals surface area contributed by atoms with Crippen molar-refractivity contribution in [1.82, 2.24) is 15.3 Å². The highest BCUT2D eigenvalue weighted by molar-refractivity contribution is 5.91. The van der Waals surface area contributed by atoms with E-state index < -0.39 is 5.91 Å². The van der Waals surface area contributed by atoms with Gasteiger partial charge in [0.2, 0.25) is 0 Å². The first kappa shape index (κ1) is 15.2. The molecule has 0 spiro atoms. The van der Waals surface area contributed by atoms with E-state index in [4.69, 9.17) is 10.3 Å². The van der Waals surface area contributed by atoms with Crippen LogP contribution < -0.4 is 11.3 Å². The predicted molar refractivity (Wildman–Crippen MR) is 79.4 cm³/mol. The number of nitrogens with two attached hydrogens (primary N) is 1. The molecule has 3 N–H and O–H groups in total. The number of carbonyl (C=O) groups excluding carboxylic acids is 1. The summed E-state index contributed by atoms with van der Waals surface area (Å²) in [6, 6.07) is 7.64. The van der Waals surface area contributed by atoms with Gasteiger partial charge in [0.05, 0.1) is 0 Å². The Kier molecular flexibility index (Phi) is 5.08. The van der Waals surface area contributed by atoms with Crippen molar-refractivity contribution >= 4 is 5.91 Å². The highest BCUT2D eigenvalue weighted by atomic mass is 16.4. The maximum atomic E-state index is 11.4. The lowest BCUT2D eigenvalue weighted by Crippen LogP contribution is -2.29. The lowest BCUT2D eigenvalue weighted by atomic mass is 10.2. The van der Waals surface area contributed by atoms with Gasteiger partial charge in [0.15, 0.2) is 5.76 Å². The molecule has 0 saturated carbocycles. The Morgan fingerprint density at radius 2 is 2.29 bits per heavy atom. The number of carbonyl (C=O) groups is 1. The molecule has 0 fully saturated rings. The van der Waals surface area contributed by atoms with E-state index in [1.54, 1.807) is 12.3 Å². The monoisotopic (exact) mass is 288 g/mol. The highest BCUT2D eigenvalue weighted by Crippen LogP contribution is 2.16. The fraction of sp³-hybridized carbons (Fsp3) is 0.333. The molecule has 0 bridgehead atoms. The summed E-state index contributed by atoms with van der Waals surface area (Å²) in [4.78, 5) is 17.9. The summed E-state index contributed by atoms with van der Waals surface area (Å²) >= 11 is 0. The Morgan fingerprint density at radius 1 is 1.48 bits per heavy atom. The van der Waals surface area contributed by atoms with Crippen molar-refractivity contribution in [3.63, 3.8) is 0 Å². The van der Waals surface area contributed by atoms with E-state index in [-0.39, 0.29) is 5.76 Å². The number of aryl methyl sites for hydroxylation is 1. The number of nitrogens with one attached hydrogen (secondary N) is 1. The lowest BCUT2D eigenvalue weighted by molar-refractivity contribution is 0.0924. The van der Waals surface area contributed by atoms with Crippen molar-refractivity contribution in [2.45, 2.75) is 19.9 Å². The minimum atomic E-state index is -0.416. The summed E-state index contributed by atoms with van der Waals surface area (Å²) in [7, 11) is 2.03. The van der Waals surface area contributed by atoms with Gasteiger partial charge in [-0.15, -0.1) is 0 Å². The Bertz CT molecular complexity index is 595. The van der Waals surface area contributed by atoms with Crippen molar-refractivity contribution < 1.29 is 9.21 Å². The van der Waals surface area contributed by atoms with E-state index in [2.05, 4.69) is 15.3 Å². The van der Waals surface area contributed by atoms with E-state index in [0.29, 0.717) is 6.54 Å². The van der Waals surface area contributed by atoms with Gasteiger partial charge in [-0.05, 0) is 32.2 Å². The topological polar surface area (TPSA) is 84.4 Å². The Balaban J connectivity index is 1.92. The number of aromatic nitrogens is 1. The molecule has 112 valence electrons. The molecular formula is C15H20N4O2. The van der Waals surface area contributed by atoms with E-state index in [1.165, 1.54) is 0 Å². The Hall–Kier alpha value is -2.18.